The van der Waals surface area contributed by atoms with Crippen LogP contribution in [0.3, 0.4) is 0 Å². The Kier molecular flexibility index (Phi) is 4.53. The monoisotopic (exact) mass is 294 g/mol. The number of aldehydes is 1. The number of carbonyl (C=O) groups excluding carboxylic acids is 2. The van der Waals surface area contributed by atoms with Crippen molar-refractivity contribution in [3.05, 3.63) is 29.6 Å². The highest BCUT2D eigenvalue weighted by molar-refractivity contribution is 8.13. The maximum absolute atomic E-state index is 10.9. The summed E-state index contributed by atoms with van der Waals surface area (Å²) >= 11 is 0.944. The summed E-state index contributed by atoms with van der Waals surface area (Å²) in [5.74, 6) is 0.0994. The number of aliphatic hydroxyl groups is 2. The number of hydrogen-bond acceptors (Lipinski definition) is 6. The topological polar surface area (TPSA) is 103 Å². The van der Waals surface area contributed by atoms with Gasteiger partial charge in [0.25, 0.3) is 0 Å². The van der Waals surface area contributed by atoms with Crippen molar-refractivity contribution in [1.29, 1.82) is 0 Å². The molecule has 0 radical (unpaired) electrons. The Bertz CT molecular complexity index is 640. The Hall–Kier alpha value is -1.70. The molecule has 2 heterocycles. The maximum atomic E-state index is 10.9. The van der Waals surface area contributed by atoms with E-state index in [1.54, 1.807) is 6.07 Å². The highest BCUT2D eigenvalue weighted by atomic mass is 32.2. The summed E-state index contributed by atoms with van der Waals surface area (Å²) in [5, 5.41) is 20.4. The van der Waals surface area contributed by atoms with Crippen LogP contribution in [-0.2, 0) is 4.79 Å². The van der Waals surface area contributed by atoms with E-state index < -0.39 is 12.2 Å². The predicted octanol–water partition coefficient (Wildman–Crippen LogP) is 1.05. The van der Waals surface area contributed by atoms with E-state index >= 15 is 0 Å². The summed E-state index contributed by atoms with van der Waals surface area (Å²) in [7, 11) is 0. The van der Waals surface area contributed by atoms with Crippen LogP contribution in [0.4, 0.5) is 0 Å². The summed E-state index contributed by atoms with van der Waals surface area (Å²) in [5.41, 5.74) is 1.38. The molecule has 0 bridgehead atoms. The van der Waals surface area contributed by atoms with Crippen molar-refractivity contribution in [1.82, 2.24) is 9.97 Å². The molecule has 3 N–H and O–H groups in total. The normalized spacial score (nSPS) is 14.2. The second-order valence-electron chi connectivity index (χ2n) is 4.34. The predicted molar refractivity (Wildman–Crippen MR) is 75.6 cm³/mol. The standard InChI is InChI=1S/C13H14N2O4S/c1-7(17)20-6-11(18)12(19)8-2-10-9(5-16)4-15-13(10)14-3-8/h2-5,11-12,18-19H,6H2,1H3,(H,14,15). The molecule has 20 heavy (non-hydrogen) atoms. The minimum atomic E-state index is -1.16. The highest BCUT2D eigenvalue weighted by Gasteiger charge is 2.20. The van der Waals surface area contributed by atoms with E-state index in [-0.39, 0.29) is 10.9 Å². The van der Waals surface area contributed by atoms with Gasteiger partial charge in [-0.15, -0.1) is 0 Å². The van der Waals surface area contributed by atoms with Gasteiger partial charge in [-0.3, -0.25) is 9.59 Å². The summed E-state index contributed by atoms with van der Waals surface area (Å²) < 4.78 is 0. The molecule has 0 amide bonds. The third-order valence-electron chi connectivity index (χ3n) is 2.87. The molecule has 0 saturated heterocycles. The molecule has 7 heteroatoms. The lowest BCUT2D eigenvalue weighted by Crippen LogP contribution is -2.21. The number of H-pyrrole nitrogens is 1. The summed E-state index contributed by atoms with van der Waals surface area (Å²) in [6, 6.07) is 1.61. The third-order valence-corrected chi connectivity index (χ3v) is 3.79. The van der Waals surface area contributed by atoms with Crippen LogP contribution in [0.15, 0.2) is 18.5 Å². The molecule has 2 aromatic rings. The van der Waals surface area contributed by atoms with Gasteiger partial charge in [0, 0.05) is 41.6 Å². The van der Waals surface area contributed by atoms with Gasteiger partial charge in [-0.25, -0.2) is 4.98 Å². The lowest BCUT2D eigenvalue weighted by atomic mass is 10.1. The molecule has 0 spiro atoms. The van der Waals surface area contributed by atoms with Crippen LogP contribution in [0.2, 0.25) is 0 Å². The number of aliphatic hydroxyl groups excluding tert-OH is 2. The van der Waals surface area contributed by atoms with Gasteiger partial charge in [0.1, 0.15) is 11.8 Å². The van der Waals surface area contributed by atoms with Crippen molar-refractivity contribution in [3.63, 3.8) is 0 Å². The van der Waals surface area contributed by atoms with Crippen molar-refractivity contribution in [3.8, 4) is 0 Å². The van der Waals surface area contributed by atoms with Gasteiger partial charge in [0.05, 0.1) is 6.10 Å². The van der Waals surface area contributed by atoms with E-state index in [0.29, 0.717) is 28.4 Å². The molecule has 2 rings (SSSR count). The molecule has 0 fully saturated rings. The number of rotatable bonds is 5. The number of carbonyl (C=O) groups is 2. The van der Waals surface area contributed by atoms with Crippen LogP contribution in [0.5, 0.6) is 0 Å². The van der Waals surface area contributed by atoms with Gasteiger partial charge in [-0.2, -0.15) is 0 Å². The molecule has 2 atom stereocenters. The number of nitrogens with zero attached hydrogens (tertiary/aromatic N) is 1. The summed E-state index contributed by atoms with van der Waals surface area (Å²) in [6.45, 7) is 1.40. The van der Waals surface area contributed by atoms with Crippen LogP contribution < -0.4 is 0 Å². The first-order valence-electron chi connectivity index (χ1n) is 5.94. The molecule has 2 aromatic heterocycles. The van der Waals surface area contributed by atoms with Crippen molar-refractivity contribution in [2.24, 2.45) is 0 Å². The van der Waals surface area contributed by atoms with Gasteiger partial charge in [-0.05, 0) is 6.07 Å². The first-order valence-corrected chi connectivity index (χ1v) is 6.93. The molecular weight excluding hydrogens is 280 g/mol. The first kappa shape index (κ1) is 14.7. The van der Waals surface area contributed by atoms with Crippen LogP contribution in [-0.4, -0.2) is 43.4 Å². The Morgan fingerprint density at radius 3 is 2.95 bits per heavy atom. The molecule has 0 aromatic carbocycles. The second-order valence-corrected chi connectivity index (χ2v) is 5.54. The summed E-state index contributed by atoms with van der Waals surface area (Å²) in [4.78, 5) is 28.6. The fraction of sp³-hybridized carbons (Fsp3) is 0.308. The van der Waals surface area contributed by atoms with Crippen molar-refractivity contribution < 1.29 is 19.8 Å². The van der Waals surface area contributed by atoms with E-state index in [1.807, 2.05) is 0 Å². The number of aromatic nitrogens is 2. The van der Waals surface area contributed by atoms with Crippen molar-refractivity contribution in [2.45, 2.75) is 19.1 Å². The SMILES string of the molecule is CC(=O)SCC(O)C(O)c1cnc2[nH]cc(C=O)c2c1. The van der Waals surface area contributed by atoms with Gasteiger partial charge < -0.3 is 15.2 Å². The number of hydrogen-bond donors (Lipinski definition) is 3. The average molecular weight is 294 g/mol. The Morgan fingerprint density at radius 2 is 2.30 bits per heavy atom. The number of pyridine rings is 1. The smallest absolute Gasteiger partial charge is 0.185 e. The van der Waals surface area contributed by atoms with Crippen LogP contribution in [0.25, 0.3) is 11.0 Å². The number of fused-ring (bicyclic) bond motifs is 1. The Morgan fingerprint density at radius 1 is 1.55 bits per heavy atom. The largest absolute Gasteiger partial charge is 0.389 e. The highest BCUT2D eigenvalue weighted by Crippen LogP contribution is 2.23. The zero-order valence-corrected chi connectivity index (χ0v) is 11.6. The molecule has 0 aliphatic heterocycles. The van der Waals surface area contributed by atoms with Crippen LogP contribution >= 0.6 is 11.8 Å². The van der Waals surface area contributed by atoms with Gasteiger partial charge >= 0.3 is 0 Å². The Balaban J connectivity index is 2.22. The minimum Gasteiger partial charge on any atom is -0.389 e. The quantitative estimate of drug-likeness (QED) is 0.712. The van der Waals surface area contributed by atoms with Crippen molar-refractivity contribution in [2.75, 3.05) is 5.75 Å². The number of nitrogens with one attached hydrogen (secondary N) is 1. The van der Waals surface area contributed by atoms with Crippen LogP contribution in [0.1, 0.15) is 28.9 Å². The zero-order chi connectivity index (χ0) is 14.7. The molecular formula is C13H14N2O4S. The Labute approximate surface area is 119 Å². The van der Waals surface area contributed by atoms with Crippen molar-refractivity contribution >= 4 is 34.2 Å². The second kappa shape index (κ2) is 6.17. The first-order chi connectivity index (χ1) is 9.52. The van der Waals surface area contributed by atoms with Crippen LogP contribution in [0, 0.1) is 0 Å². The third kappa shape index (κ3) is 3.06. The molecule has 6 nitrogen and oxygen atoms in total. The molecule has 0 aliphatic rings. The lowest BCUT2D eigenvalue weighted by Gasteiger charge is -2.17. The lowest BCUT2D eigenvalue weighted by molar-refractivity contribution is -0.109. The maximum Gasteiger partial charge on any atom is 0.185 e. The van der Waals surface area contributed by atoms with Gasteiger partial charge in [0.2, 0.25) is 0 Å². The van der Waals surface area contributed by atoms with E-state index in [9.17, 15) is 19.8 Å². The zero-order valence-electron chi connectivity index (χ0n) is 10.7. The fourth-order valence-corrected chi connectivity index (χ4v) is 2.40. The number of thioether (sulfide) groups is 1. The fourth-order valence-electron chi connectivity index (χ4n) is 1.82. The molecule has 0 saturated carbocycles. The van der Waals surface area contributed by atoms with E-state index in [0.717, 1.165) is 11.8 Å². The van der Waals surface area contributed by atoms with E-state index in [4.69, 9.17) is 0 Å². The number of aromatic amines is 1. The minimum absolute atomic E-state index is 0.0994. The summed E-state index contributed by atoms with van der Waals surface area (Å²) in [6.07, 6.45) is 1.41. The molecule has 106 valence electrons. The molecule has 2 unspecified atom stereocenters. The molecule has 0 aliphatic carbocycles. The van der Waals surface area contributed by atoms with E-state index in [1.165, 1.54) is 19.3 Å². The van der Waals surface area contributed by atoms with E-state index in [2.05, 4.69) is 9.97 Å². The van der Waals surface area contributed by atoms with Gasteiger partial charge in [0.15, 0.2) is 11.4 Å². The van der Waals surface area contributed by atoms with Gasteiger partial charge in [-0.1, -0.05) is 11.8 Å². The average Bonchev–Trinajstić information content (AvgIpc) is 2.85.